The fourth-order valence-corrected chi connectivity index (χ4v) is 4.51. The predicted octanol–water partition coefficient (Wildman–Crippen LogP) is 3.18. The maximum absolute atomic E-state index is 12.9. The molecule has 0 radical (unpaired) electrons. The molecule has 2 aromatic carbocycles. The van der Waals surface area contributed by atoms with Gasteiger partial charge in [0.2, 0.25) is 12.7 Å². The fraction of sp³-hybridized carbons (Fsp3) is 0.296. The van der Waals surface area contributed by atoms with Crippen molar-refractivity contribution >= 4 is 11.8 Å². The minimum absolute atomic E-state index is 0.0825. The number of fused-ring (bicyclic) bond motifs is 2. The van der Waals surface area contributed by atoms with Gasteiger partial charge in [0.05, 0.1) is 13.5 Å². The van der Waals surface area contributed by atoms with Crippen molar-refractivity contribution in [2.45, 2.75) is 32.9 Å². The number of aromatic nitrogens is 1. The lowest BCUT2D eigenvalue weighted by Crippen LogP contribution is -2.38. The molecule has 3 aromatic rings. The van der Waals surface area contributed by atoms with Crippen LogP contribution < -0.4 is 19.5 Å². The van der Waals surface area contributed by atoms with Crippen LogP contribution in [0.15, 0.2) is 48.7 Å². The summed E-state index contributed by atoms with van der Waals surface area (Å²) < 4.78 is 15.9. The average molecular weight is 474 g/mol. The third kappa shape index (κ3) is 4.77. The number of pyridine rings is 1. The fourth-order valence-electron chi connectivity index (χ4n) is 4.51. The predicted molar refractivity (Wildman–Crippen MR) is 129 cm³/mol. The first-order valence-corrected chi connectivity index (χ1v) is 11.6. The largest absolute Gasteiger partial charge is 0.497 e. The molecule has 2 amide bonds. The van der Waals surface area contributed by atoms with Crippen LogP contribution in [0.1, 0.15) is 38.3 Å². The molecule has 180 valence electrons. The minimum Gasteiger partial charge on any atom is -0.497 e. The van der Waals surface area contributed by atoms with Crippen molar-refractivity contribution in [3.63, 3.8) is 0 Å². The number of amides is 2. The van der Waals surface area contributed by atoms with E-state index in [1.54, 1.807) is 25.3 Å². The van der Waals surface area contributed by atoms with E-state index < -0.39 is 0 Å². The van der Waals surface area contributed by atoms with Crippen LogP contribution in [-0.4, -0.2) is 42.1 Å². The monoisotopic (exact) mass is 473 g/mol. The summed E-state index contributed by atoms with van der Waals surface area (Å²) in [5.74, 6) is 1.89. The van der Waals surface area contributed by atoms with E-state index in [1.165, 1.54) is 0 Å². The number of benzene rings is 2. The maximum Gasteiger partial charge on any atom is 0.251 e. The number of carbonyl (C=O) groups excluding carboxylic acids is 2. The van der Waals surface area contributed by atoms with Crippen molar-refractivity contribution < 1.29 is 23.8 Å². The molecule has 2 aliphatic rings. The average Bonchev–Trinajstić information content (AvgIpc) is 3.36. The van der Waals surface area contributed by atoms with E-state index in [9.17, 15) is 9.59 Å². The second kappa shape index (κ2) is 9.66. The highest BCUT2D eigenvalue weighted by molar-refractivity contribution is 5.95. The highest BCUT2D eigenvalue weighted by Gasteiger charge is 2.24. The zero-order chi connectivity index (χ0) is 24.4. The molecule has 0 unspecified atom stereocenters. The molecular weight excluding hydrogens is 446 g/mol. The van der Waals surface area contributed by atoms with Crippen molar-refractivity contribution in [2.75, 3.05) is 20.4 Å². The molecule has 0 saturated heterocycles. The molecule has 3 heterocycles. The first kappa shape index (κ1) is 22.7. The van der Waals surface area contributed by atoms with Gasteiger partial charge in [0.15, 0.2) is 11.5 Å². The van der Waals surface area contributed by atoms with Gasteiger partial charge >= 0.3 is 0 Å². The van der Waals surface area contributed by atoms with Gasteiger partial charge in [-0.3, -0.25) is 14.6 Å². The summed E-state index contributed by atoms with van der Waals surface area (Å²) >= 11 is 0. The second-order valence-corrected chi connectivity index (χ2v) is 8.67. The van der Waals surface area contributed by atoms with E-state index >= 15 is 0 Å². The number of nitrogens with zero attached hydrogens (tertiary/aromatic N) is 2. The first-order chi connectivity index (χ1) is 17.0. The normalized spacial score (nSPS) is 13.8. The highest BCUT2D eigenvalue weighted by Crippen LogP contribution is 2.32. The summed E-state index contributed by atoms with van der Waals surface area (Å²) in [5, 5.41) is 3.01. The second-order valence-electron chi connectivity index (χ2n) is 8.67. The Bertz CT molecular complexity index is 1270. The Morgan fingerprint density at radius 2 is 1.91 bits per heavy atom. The van der Waals surface area contributed by atoms with Crippen LogP contribution in [0.2, 0.25) is 0 Å². The van der Waals surface area contributed by atoms with Gasteiger partial charge in [-0.25, -0.2) is 0 Å². The molecule has 0 bridgehead atoms. The Labute approximate surface area is 203 Å². The third-order valence-electron chi connectivity index (χ3n) is 6.52. The van der Waals surface area contributed by atoms with Gasteiger partial charge in [-0.05, 0) is 65.9 Å². The number of ether oxygens (including phenoxy) is 3. The maximum atomic E-state index is 12.9. The van der Waals surface area contributed by atoms with Gasteiger partial charge < -0.3 is 24.4 Å². The van der Waals surface area contributed by atoms with Crippen LogP contribution >= 0.6 is 0 Å². The van der Waals surface area contributed by atoms with Crippen molar-refractivity contribution in [3.05, 3.63) is 82.2 Å². The molecule has 1 N–H and O–H groups in total. The van der Waals surface area contributed by atoms with Gasteiger partial charge in [0.1, 0.15) is 5.75 Å². The zero-order valence-electron chi connectivity index (χ0n) is 19.8. The molecular formula is C27H27N3O5. The molecule has 0 atom stereocenters. The molecule has 0 saturated carbocycles. The lowest BCUT2D eigenvalue weighted by atomic mass is 9.94. The molecule has 0 spiro atoms. The van der Waals surface area contributed by atoms with E-state index in [1.807, 2.05) is 42.3 Å². The molecule has 35 heavy (non-hydrogen) atoms. The molecule has 8 nitrogen and oxygen atoms in total. The van der Waals surface area contributed by atoms with Crippen molar-refractivity contribution in [2.24, 2.45) is 0 Å². The molecule has 0 fully saturated rings. The zero-order valence-corrected chi connectivity index (χ0v) is 19.8. The van der Waals surface area contributed by atoms with Crippen molar-refractivity contribution in [1.82, 2.24) is 15.2 Å². The van der Waals surface area contributed by atoms with Crippen LogP contribution in [0.3, 0.4) is 0 Å². The molecule has 8 heteroatoms. The smallest absolute Gasteiger partial charge is 0.251 e. The van der Waals surface area contributed by atoms with E-state index in [2.05, 4.69) is 10.3 Å². The standard InChI is InChI=1S/C27H27N3O5/c1-17-23(14-29-27(32)19-5-8-24-25(12-19)35-16-34-24)22-9-10-30(15-20(22)13-28-17)26(31)11-18-3-6-21(33-2)7-4-18/h3-8,12-13H,9-11,14-16H2,1-2H3,(H,29,32). The van der Waals surface area contributed by atoms with Gasteiger partial charge in [0.25, 0.3) is 5.91 Å². The number of nitrogens with one attached hydrogen (secondary N) is 1. The Morgan fingerprint density at radius 1 is 1.11 bits per heavy atom. The number of methoxy groups -OCH3 is 1. The third-order valence-corrected chi connectivity index (χ3v) is 6.52. The summed E-state index contributed by atoms with van der Waals surface area (Å²) in [6.07, 6.45) is 2.92. The molecule has 1 aromatic heterocycles. The Morgan fingerprint density at radius 3 is 2.71 bits per heavy atom. The summed E-state index contributed by atoms with van der Waals surface area (Å²) in [6, 6.07) is 12.7. The topological polar surface area (TPSA) is 90.0 Å². The SMILES string of the molecule is COc1ccc(CC(=O)N2CCc3c(cnc(C)c3CNC(=O)c3ccc4c(c3)OCO4)C2)cc1. The molecule has 2 aliphatic heterocycles. The highest BCUT2D eigenvalue weighted by atomic mass is 16.7. The van der Waals surface area contributed by atoms with Gasteiger partial charge in [-0.2, -0.15) is 0 Å². The van der Waals surface area contributed by atoms with Crippen LogP contribution in [0.5, 0.6) is 17.2 Å². The summed E-state index contributed by atoms with van der Waals surface area (Å²) in [6.45, 7) is 3.63. The summed E-state index contributed by atoms with van der Waals surface area (Å²) in [7, 11) is 1.62. The van der Waals surface area contributed by atoms with Gasteiger partial charge in [-0.1, -0.05) is 12.1 Å². The van der Waals surface area contributed by atoms with Gasteiger partial charge in [0, 0.05) is 37.1 Å². The van der Waals surface area contributed by atoms with Crippen molar-refractivity contribution in [3.8, 4) is 17.2 Å². The Hall–Kier alpha value is -4.07. The number of rotatable bonds is 6. The Balaban J connectivity index is 1.25. The van der Waals surface area contributed by atoms with E-state index in [0.717, 1.165) is 40.1 Å². The van der Waals surface area contributed by atoms with E-state index in [4.69, 9.17) is 14.2 Å². The lowest BCUT2D eigenvalue weighted by molar-refractivity contribution is -0.131. The quantitative estimate of drug-likeness (QED) is 0.592. The first-order valence-electron chi connectivity index (χ1n) is 11.6. The molecule has 0 aliphatic carbocycles. The summed E-state index contributed by atoms with van der Waals surface area (Å²) in [5.41, 5.74) is 5.55. The van der Waals surface area contributed by atoms with E-state index in [0.29, 0.717) is 43.1 Å². The minimum atomic E-state index is -0.188. The van der Waals surface area contributed by atoms with E-state index in [-0.39, 0.29) is 18.6 Å². The number of aryl methyl sites for hydroxylation is 1. The van der Waals surface area contributed by atoms with Gasteiger partial charge in [-0.15, -0.1) is 0 Å². The van der Waals surface area contributed by atoms with Crippen LogP contribution in [-0.2, 0) is 30.7 Å². The summed E-state index contributed by atoms with van der Waals surface area (Å²) in [4.78, 5) is 32.1. The molecule has 5 rings (SSSR count). The van der Waals surface area contributed by atoms with Crippen LogP contribution in [0, 0.1) is 6.92 Å². The van der Waals surface area contributed by atoms with Crippen LogP contribution in [0.4, 0.5) is 0 Å². The van der Waals surface area contributed by atoms with Crippen LogP contribution in [0.25, 0.3) is 0 Å². The Kier molecular flexibility index (Phi) is 6.27. The lowest BCUT2D eigenvalue weighted by Gasteiger charge is -2.30. The number of carbonyl (C=O) groups is 2. The number of hydrogen-bond donors (Lipinski definition) is 1. The van der Waals surface area contributed by atoms with Crippen molar-refractivity contribution in [1.29, 1.82) is 0 Å². The number of hydrogen-bond acceptors (Lipinski definition) is 6.